The van der Waals surface area contributed by atoms with Crippen LogP contribution < -0.4 is 11.1 Å². The Morgan fingerprint density at radius 1 is 1.10 bits per heavy atom. The number of ether oxygens (including phenoxy) is 3. The summed E-state index contributed by atoms with van der Waals surface area (Å²) in [5.74, 6) is -0.00936. The van der Waals surface area contributed by atoms with Gasteiger partial charge in [-0.05, 0) is 19.4 Å². The molecule has 29 heavy (non-hydrogen) atoms. The molecule has 0 unspecified atom stereocenters. The van der Waals surface area contributed by atoms with E-state index in [0.29, 0.717) is 30.1 Å². The Balaban J connectivity index is 1.44. The van der Waals surface area contributed by atoms with E-state index in [2.05, 4.69) is 32.4 Å². The van der Waals surface area contributed by atoms with E-state index in [4.69, 9.17) is 19.9 Å². The average Bonchev–Trinajstić information content (AvgIpc) is 3.37. The molecule has 0 radical (unpaired) electrons. The molecule has 152 valence electrons. The van der Waals surface area contributed by atoms with Gasteiger partial charge in [-0.15, -0.1) is 0 Å². The van der Waals surface area contributed by atoms with Crippen molar-refractivity contribution in [2.24, 2.45) is 5.73 Å². The maximum atomic E-state index is 6.16. The first-order valence-corrected chi connectivity index (χ1v) is 9.72. The fourth-order valence-electron chi connectivity index (χ4n) is 4.02. The number of imidazole rings is 1. The van der Waals surface area contributed by atoms with E-state index in [1.54, 1.807) is 6.33 Å². The van der Waals surface area contributed by atoms with Crippen LogP contribution in [0.1, 0.15) is 25.6 Å². The second kappa shape index (κ2) is 7.03. The van der Waals surface area contributed by atoms with Crippen molar-refractivity contribution in [2.45, 2.75) is 50.7 Å². The molecule has 9 heteroatoms. The van der Waals surface area contributed by atoms with Gasteiger partial charge in [0.2, 0.25) is 0 Å². The molecule has 2 saturated heterocycles. The van der Waals surface area contributed by atoms with Crippen molar-refractivity contribution in [2.75, 3.05) is 11.9 Å². The lowest BCUT2D eigenvalue weighted by Gasteiger charge is -2.24. The highest BCUT2D eigenvalue weighted by atomic mass is 16.8. The number of hydrogen-bond acceptors (Lipinski definition) is 8. The maximum absolute atomic E-state index is 6.16. The molecule has 0 bridgehead atoms. The van der Waals surface area contributed by atoms with Gasteiger partial charge >= 0.3 is 0 Å². The molecular formula is C20H24N6O3. The smallest absolute Gasteiger partial charge is 0.167 e. The van der Waals surface area contributed by atoms with Gasteiger partial charge in [0.25, 0.3) is 0 Å². The second-order valence-electron chi connectivity index (χ2n) is 7.75. The molecule has 4 heterocycles. The molecule has 2 aliphatic heterocycles. The van der Waals surface area contributed by atoms with Gasteiger partial charge in [0, 0.05) is 13.1 Å². The van der Waals surface area contributed by atoms with Gasteiger partial charge in [-0.25, -0.2) is 15.0 Å². The van der Waals surface area contributed by atoms with E-state index >= 15 is 0 Å². The zero-order valence-corrected chi connectivity index (χ0v) is 16.4. The Kier molecular flexibility index (Phi) is 4.47. The fraction of sp³-hybridized carbons (Fsp3) is 0.450. The normalized spacial score (nSPS) is 28.0. The van der Waals surface area contributed by atoms with Crippen LogP contribution in [0.4, 0.5) is 5.82 Å². The van der Waals surface area contributed by atoms with Gasteiger partial charge in [0.1, 0.15) is 24.6 Å². The third kappa shape index (κ3) is 3.25. The molecule has 1 aromatic carbocycles. The molecule has 9 nitrogen and oxygen atoms in total. The molecular weight excluding hydrogens is 372 g/mol. The first-order valence-electron chi connectivity index (χ1n) is 9.72. The Bertz CT molecular complexity index is 1010. The summed E-state index contributed by atoms with van der Waals surface area (Å²) >= 11 is 0. The summed E-state index contributed by atoms with van der Waals surface area (Å²) < 4.78 is 20.2. The van der Waals surface area contributed by atoms with Crippen molar-refractivity contribution in [1.29, 1.82) is 0 Å². The van der Waals surface area contributed by atoms with Gasteiger partial charge in [0.05, 0.1) is 6.33 Å². The topological polar surface area (TPSA) is 109 Å². The van der Waals surface area contributed by atoms with Gasteiger partial charge < -0.3 is 25.3 Å². The lowest BCUT2D eigenvalue weighted by atomic mass is 10.1. The van der Waals surface area contributed by atoms with Gasteiger partial charge in [-0.3, -0.25) is 4.57 Å². The molecule has 2 fully saturated rings. The molecule has 4 atom stereocenters. The highest BCUT2D eigenvalue weighted by Crippen LogP contribution is 2.43. The quantitative estimate of drug-likeness (QED) is 0.672. The molecule has 0 aliphatic carbocycles. The number of rotatable bonds is 5. The lowest BCUT2D eigenvalue weighted by Crippen LogP contribution is -2.34. The predicted molar refractivity (Wildman–Crippen MR) is 106 cm³/mol. The number of nitrogens with zero attached hydrogens (tertiary/aromatic N) is 4. The lowest BCUT2D eigenvalue weighted by molar-refractivity contribution is -0.195. The van der Waals surface area contributed by atoms with Crippen molar-refractivity contribution in [3.05, 3.63) is 48.5 Å². The van der Waals surface area contributed by atoms with Crippen LogP contribution in [0.5, 0.6) is 0 Å². The minimum absolute atomic E-state index is 0.227. The van der Waals surface area contributed by atoms with Crippen molar-refractivity contribution in [3.63, 3.8) is 0 Å². The molecule has 3 N–H and O–H groups in total. The van der Waals surface area contributed by atoms with E-state index in [9.17, 15) is 0 Å². The Hall–Kier alpha value is -2.59. The summed E-state index contributed by atoms with van der Waals surface area (Å²) in [6.45, 7) is 4.79. The molecule has 0 spiro atoms. The monoisotopic (exact) mass is 396 g/mol. The zero-order valence-electron chi connectivity index (χ0n) is 16.4. The van der Waals surface area contributed by atoms with E-state index in [1.165, 1.54) is 6.33 Å². The molecule has 3 aromatic rings. The van der Waals surface area contributed by atoms with Gasteiger partial charge in [0.15, 0.2) is 29.0 Å². The van der Waals surface area contributed by atoms with Gasteiger partial charge in [-0.2, -0.15) is 0 Å². The van der Waals surface area contributed by atoms with E-state index in [0.717, 1.165) is 5.56 Å². The predicted octanol–water partition coefficient (Wildman–Crippen LogP) is 1.81. The van der Waals surface area contributed by atoms with Crippen LogP contribution in [-0.2, 0) is 20.8 Å². The fourth-order valence-corrected chi connectivity index (χ4v) is 4.02. The van der Waals surface area contributed by atoms with Crippen LogP contribution in [0.15, 0.2) is 43.0 Å². The number of fused-ring (bicyclic) bond motifs is 2. The third-order valence-corrected chi connectivity index (χ3v) is 5.29. The SMILES string of the molecule is CC1(C)O[C@@H]2[C@H](O1)[C@@H](CN)O[C@H]2n1cnc2c(NCc3ccccc3)ncnc21. The highest BCUT2D eigenvalue weighted by molar-refractivity contribution is 5.82. The summed E-state index contributed by atoms with van der Waals surface area (Å²) in [6, 6.07) is 10.1. The molecule has 2 aliphatic rings. The highest BCUT2D eigenvalue weighted by Gasteiger charge is 2.55. The maximum Gasteiger partial charge on any atom is 0.167 e. The van der Waals surface area contributed by atoms with Crippen LogP contribution in [0.25, 0.3) is 11.2 Å². The van der Waals surface area contributed by atoms with Crippen LogP contribution >= 0.6 is 0 Å². The van der Waals surface area contributed by atoms with Crippen LogP contribution in [0.2, 0.25) is 0 Å². The molecule has 0 saturated carbocycles. The van der Waals surface area contributed by atoms with Crippen LogP contribution in [-0.4, -0.2) is 50.2 Å². The number of hydrogen-bond donors (Lipinski definition) is 2. The van der Waals surface area contributed by atoms with Crippen LogP contribution in [0, 0.1) is 0 Å². The first-order chi connectivity index (χ1) is 14.1. The minimum atomic E-state index is -0.682. The number of aromatic nitrogens is 4. The zero-order chi connectivity index (χ0) is 20.0. The number of anilines is 1. The minimum Gasteiger partial charge on any atom is -0.364 e. The van der Waals surface area contributed by atoms with Crippen molar-refractivity contribution in [3.8, 4) is 0 Å². The van der Waals surface area contributed by atoms with Crippen molar-refractivity contribution < 1.29 is 14.2 Å². The standard InChI is InChI=1S/C20H24N6O3/c1-20(2)28-15-13(8-21)27-19(16(15)29-20)26-11-25-14-17(23-10-24-18(14)26)22-9-12-6-4-3-5-7-12/h3-7,10-11,13,15-16,19H,8-9,21H2,1-2H3,(H,22,23,24)/t13-,15-,16-,19-/m1/s1. The second-order valence-corrected chi connectivity index (χ2v) is 7.75. The third-order valence-electron chi connectivity index (χ3n) is 5.29. The summed E-state index contributed by atoms with van der Waals surface area (Å²) in [7, 11) is 0. The van der Waals surface area contributed by atoms with E-state index in [1.807, 2.05) is 36.6 Å². The van der Waals surface area contributed by atoms with E-state index < -0.39 is 12.0 Å². The van der Waals surface area contributed by atoms with E-state index in [-0.39, 0.29) is 18.3 Å². The molecule has 2 aromatic heterocycles. The van der Waals surface area contributed by atoms with Crippen molar-refractivity contribution >= 4 is 17.0 Å². The largest absolute Gasteiger partial charge is 0.364 e. The van der Waals surface area contributed by atoms with Gasteiger partial charge in [-0.1, -0.05) is 30.3 Å². The number of nitrogens with one attached hydrogen (secondary N) is 1. The Morgan fingerprint density at radius 3 is 2.69 bits per heavy atom. The average molecular weight is 396 g/mol. The van der Waals surface area contributed by atoms with Crippen molar-refractivity contribution in [1.82, 2.24) is 19.5 Å². The Morgan fingerprint density at radius 2 is 1.90 bits per heavy atom. The molecule has 5 rings (SSSR count). The first kappa shape index (κ1) is 18.4. The summed E-state index contributed by atoms with van der Waals surface area (Å²) in [5.41, 5.74) is 8.41. The summed E-state index contributed by atoms with van der Waals surface area (Å²) in [4.78, 5) is 13.4. The molecule has 0 amide bonds. The Labute approximate surface area is 168 Å². The summed E-state index contributed by atoms with van der Waals surface area (Å²) in [5, 5.41) is 3.34. The number of nitrogens with two attached hydrogens (primary N) is 1. The van der Waals surface area contributed by atoms with Crippen LogP contribution in [0.3, 0.4) is 0 Å². The summed E-state index contributed by atoms with van der Waals surface area (Å²) in [6.07, 6.45) is 2.06. The number of benzene rings is 1.